The fourth-order valence-corrected chi connectivity index (χ4v) is 5.20. The zero-order valence-corrected chi connectivity index (χ0v) is 24.1. The number of halogens is 2. The lowest BCUT2D eigenvalue weighted by Gasteiger charge is -2.32. The highest BCUT2D eigenvalue weighted by molar-refractivity contribution is 6.35. The quantitative estimate of drug-likeness (QED) is 0.359. The van der Waals surface area contributed by atoms with Crippen LogP contribution in [0.2, 0.25) is 10.0 Å². The zero-order chi connectivity index (χ0) is 28.5. The van der Waals surface area contributed by atoms with Gasteiger partial charge in [-0.15, -0.1) is 0 Å². The van der Waals surface area contributed by atoms with E-state index in [1.807, 2.05) is 42.5 Å². The number of rotatable bonds is 10. The third-order valence-electron chi connectivity index (χ3n) is 7.02. The van der Waals surface area contributed by atoms with Gasteiger partial charge >= 0.3 is 0 Å². The number of carbonyl (C=O) groups is 2. The van der Waals surface area contributed by atoms with Crippen LogP contribution in [-0.4, -0.2) is 79.4 Å². The number of hydrogen-bond acceptors (Lipinski definition) is 5. The van der Waals surface area contributed by atoms with Crippen molar-refractivity contribution in [1.82, 2.24) is 14.7 Å². The maximum absolute atomic E-state index is 13.3. The Morgan fingerprint density at radius 1 is 0.950 bits per heavy atom. The van der Waals surface area contributed by atoms with Gasteiger partial charge in [-0.25, -0.2) is 0 Å². The Morgan fingerprint density at radius 3 is 2.33 bits per heavy atom. The average Bonchev–Trinajstić information content (AvgIpc) is 2.94. The first-order valence-corrected chi connectivity index (χ1v) is 14.1. The van der Waals surface area contributed by atoms with Crippen molar-refractivity contribution in [3.8, 4) is 17.2 Å². The van der Waals surface area contributed by atoms with E-state index in [9.17, 15) is 14.9 Å². The van der Waals surface area contributed by atoms with Crippen LogP contribution < -0.4 is 5.32 Å². The van der Waals surface area contributed by atoms with Gasteiger partial charge in [0.05, 0.1) is 18.2 Å². The SMILES string of the molecule is CN1CCN(CCC(=O)N(CCc2ccc(-c3cccc(C#N)c3)cc2)CC(=O)Nc2cc(Cl)cc(Cl)c2)CC1. The molecule has 9 heteroatoms. The summed E-state index contributed by atoms with van der Waals surface area (Å²) in [6.07, 6.45) is 0.962. The van der Waals surface area contributed by atoms with Crippen molar-refractivity contribution in [3.05, 3.63) is 87.9 Å². The van der Waals surface area contributed by atoms with Crippen LogP contribution in [0.4, 0.5) is 5.69 Å². The van der Waals surface area contributed by atoms with Crippen LogP contribution in [0.3, 0.4) is 0 Å². The molecule has 2 amide bonds. The summed E-state index contributed by atoms with van der Waals surface area (Å²) in [5.41, 5.74) is 4.15. The van der Waals surface area contributed by atoms with Crippen LogP contribution in [-0.2, 0) is 16.0 Å². The topological polar surface area (TPSA) is 79.7 Å². The molecule has 0 aliphatic carbocycles. The highest BCUT2D eigenvalue weighted by Crippen LogP contribution is 2.23. The van der Waals surface area contributed by atoms with Crippen molar-refractivity contribution in [2.24, 2.45) is 0 Å². The van der Waals surface area contributed by atoms with Crippen molar-refractivity contribution >= 4 is 40.7 Å². The summed E-state index contributed by atoms with van der Waals surface area (Å²) in [7, 11) is 2.10. The fourth-order valence-electron chi connectivity index (χ4n) is 4.67. The lowest BCUT2D eigenvalue weighted by Crippen LogP contribution is -2.46. The maximum atomic E-state index is 13.3. The Balaban J connectivity index is 1.40. The van der Waals surface area contributed by atoms with Crippen LogP contribution in [0.1, 0.15) is 17.5 Å². The van der Waals surface area contributed by atoms with E-state index in [1.165, 1.54) is 0 Å². The Bertz CT molecular complexity index is 1340. The first kappa shape index (κ1) is 29.6. The van der Waals surface area contributed by atoms with E-state index in [-0.39, 0.29) is 18.4 Å². The number of likely N-dealkylation sites (N-methyl/N-ethyl adjacent to an activating group) is 1. The van der Waals surface area contributed by atoms with E-state index in [2.05, 4.69) is 28.2 Å². The van der Waals surface area contributed by atoms with Crippen molar-refractivity contribution < 1.29 is 9.59 Å². The summed E-state index contributed by atoms with van der Waals surface area (Å²) in [4.78, 5) is 32.4. The summed E-state index contributed by atoms with van der Waals surface area (Å²) >= 11 is 12.1. The van der Waals surface area contributed by atoms with E-state index >= 15 is 0 Å². The molecule has 0 saturated carbocycles. The number of carbonyl (C=O) groups excluding carboxylic acids is 2. The van der Waals surface area contributed by atoms with Gasteiger partial charge in [0, 0.05) is 61.4 Å². The number of nitrogens with zero attached hydrogens (tertiary/aromatic N) is 4. The molecule has 1 N–H and O–H groups in total. The molecule has 4 rings (SSSR count). The molecule has 1 aliphatic heterocycles. The molecule has 0 spiro atoms. The number of nitriles is 1. The summed E-state index contributed by atoms with van der Waals surface area (Å²) in [6, 6.07) is 22.6. The summed E-state index contributed by atoms with van der Waals surface area (Å²) in [5.74, 6) is -0.359. The largest absolute Gasteiger partial charge is 0.333 e. The molecular formula is C31H33Cl2N5O2. The van der Waals surface area contributed by atoms with Gasteiger partial charge in [-0.05, 0) is 60.5 Å². The predicted molar refractivity (Wildman–Crippen MR) is 161 cm³/mol. The van der Waals surface area contributed by atoms with E-state index in [4.69, 9.17) is 23.2 Å². The number of piperazine rings is 1. The summed E-state index contributed by atoms with van der Waals surface area (Å²) in [6.45, 7) is 4.86. The molecule has 3 aromatic carbocycles. The van der Waals surface area contributed by atoms with Crippen LogP contribution >= 0.6 is 23.2 Å². The minimum Gasteiger partial charge on any atom is -0.333 e. The lowest BCUT2D eigenvalue weighted by molar-refractivity contribution is -0.135. The number of hydrogen-bond donors (Lipinski definition) is 1. The van der Waals surface area contributed by atoms with Gasteiger partial charge in [0.1, 0.15) is 0 Å². The van der Waals surface area contributed by atoms with E-state index in [0.29, 0.717) is 47.2 Å². The Hall–Kier alpha value is -3.41. The monoisotopic (exact) mass is 577 g/mol. The molecule has 0 bridgehead atoms. The van der Waals surface area contributed by atoms with Crippen molar-refractivity contribution in [1.29, 1.82) is 5.26 Å². The van der Waals surface area contributed by atoms with Gasteiger partial charge in [-0.3, -0.25) is 9.59 Å². The molecular weight excluding hydrogens is 545 g/mol. The van der Waals surface area contributed by atoms with Crippen molar-refractivity contribution in [2.75, 3.05) is 58.2 Å². The third kappa shape index (κ3) is 8.80. The van der Waals surface area contributed by atoms with Gasteiger partial charge < -0.3 is 20.0 Å². The van der Waals surface area contributed by atoms with E-state index in [0.717, 1.165) is 42.9 Å². The summed E-state index contributed by atoms with van der Waals surface area (Å²) < 4.78 is 0. The Kier molecular flexibility index (Phi) is 10.6. The fraction of sp³-hybridized carbons (Fsp3) is 0.323. The molecule has 1 aliphatic rings. The second-order valence-electron chi connectivity index (χ2n) is 10.1. The number of benzene rings is 3. The van der Waals surface area contributed by atoms with Crippen molar-refractivity contribution in [3.63, 3.8) is 0 Å². The number of anilines is 1. The minimum atomic E-state index is -0.306. The molecule has 1 saturated heterocycles. The molecule has 0 aromatic heterocycles. The normalized spacial score (nSPS) is 13.9. The van der Waals surface area contributed by atoms with Crippen LogP contribution in [0.15, 0.2) is 66.7 Å². The number of amides is 2. The molecule has 208 valence electrons. The predicted octanol–water partition coefficient (Wildman–Crippen LogP) is 5.18. The summed E-state index contributed by atoms with van der Waals surface area (Å²) in [5, 5.41) is 12.8. The highest BCUT2D eigenvalue weighted by Gasteiger charge is 2.20. The van der Waals surface area contributed by atoms with Gasteiger partial charge in [0.25, 0.3) is 0 Å². The molecule has 1 fully saturated rings. The first-order valence-electron chi connectivity index (χ1n) is 13.3. The van der Waals surface area contributed by atoms with Gasteiger partial charge in [-0.2, -0.15) is 5.26 Å². The first-order chi connectivity index (χ1) is 19.3. The van der Waals surface area contributed by atoms with Gasteiger partial charge in [0.2, 0.25) is 11.8 Å². The maximum Gasteiger partial charge on any atom is 0.243 e. The molecule has 7 nitrogen and oxygen atoms in total. The standard InChI is InChI=1S/C31H33Cl2N5O2/c1-36-13-15-37(16-14-36)11-10-31(40)38(22-30(39)35-29-19-27(32)18-28(33)20-29)12-9-23-5-7-25(8-6-23)26-4-2-3-24(17-26)21-34/h2-8,17-20H,9-16,22H2,1H3,(H,35,39). The van der Waals surface area contributed by atoms with Gasteiger partial charge in [0.15, 0.2) is 0 Å². The Labute approximate surface area is 245 Å². The van der Waals surface area contributed by atoms with E-state index < -0.39 is 0 Å². The third-order valence-corrected chi connectivity index (χ3v) is 7.46. The Morgan fingerprint density at radius 2 is 1.65 bits per heavy atom. The molecule has 0 atom stereocenters. The lowest BCUT2D eigenvalue weighted by atomic mass is 10.0. The molecule has 0 unspecified atom stereocenters. The highest BCUT2D eigenvalue weighted by atomic mass is 35.5. The average molecular weight is 579 g/mol. The number of nitrogens with one attached hydrogen (secondary N) is 1. The smallest absolute Gasteiger partial charge is 0.243 e. The molecule has 1 heterocycles. The molecule has 3 aromatic rings. The van der Waals surface area contributed by atoms with Crippen LogP contribution in [0, 0.1) is 11.3 Å². The van der Waals surface area contributed by atoms with Crippen LogP contribution in [0.25, 0.3) is 11.1 Å². The van der Waals surface area contributed by atoms with Gasteiger partial charge in [-0.1, -0.05) is 59.6 Å². The van der Waals surface area contributed by atoms with Crippen molar-refractivity contribution in [2.45, 2.75) is 12.8 Å². The van der Waals surface area contributed by atoms with Crippen LogP contribution in [0.5, 0.6) is 0 Å². The second kappa shape index (κ2) is 14.3. The zero-order valence-electron chi connectivity index (χ0n) is 22.6. The van der Waals surface area contributed by atoms with E-state index in [1.54, 1.807) is 29.2 Å². The molecule has 40 heavy (non-hydrogen) atoms. The minimum absolute atomic E-state index is 0.0526. The molecule has 0 radical (unpaired) electrons. The second-order valence-corrected chi connectivity index (χ2v) is 10.9.